The maximum atomic E-state index is 12.9. The Morgan fingerprint density at radius 1 is 1.28 bits per heavy atom. The van der Waals surface area contributed by atoms with Gasteiger partial charge in [0.1, 0.15) is 18.2 Å². The lowest BCUT2D eigenvalue weighted by Gasteiger charge is -2.10. The van der Waals surface area contributed by atoms with Crippen LogP contribution in [0, 0.1) is 5.82 Å². The summed E-state index contributed by atoms with van der Waals surface area (Å²) in [4.78, 5) is 3.73. The second-order valence-electron chi connectivity index (χ2n) is 3.71. The van der Waals surface area contributed by atoms with Crippen molar-refractivity contribution in [2.24, 2.45) is 0 Å². The molecule has 1 heterocycles. The third-order valence-corrected chi connectivity index (χ3v) is 2.58. The topological polar surface area (TPSA) is 42.4 Å². The maximum absolute atomic E-state index is 12.9. The summed E-state index contributed by atoms with van der Waals surface area (Å²) in [6.45, 7) is 0.0106. The lowest BCUT2D eigenvalue weighted by atomic mass is 10.2. The van der Waals surface area contributed by atoms with Gasteiger partial charge in [-0.15, -0.1) is 0 Å². The molecule has 0 fully saturated rings. The third kappa shape index (κ3) is 3.18. The maximum Gasteiger partial charge on any atom is 0.141 e. The number of rotatable bonds is 4. The van der Waals surface area contributed by atoms with Gasteiger partial charge in [0, 0.05) is 22.3 Å². The van der Waals surface area contributed by atoms with E-state index in [1.54, 1.807) is 18.2 Å². The van der Waals surface area contributed by atoms with Crippen LogP contribution in [-0.4, -0.2) is 10.1 Å². The zero-order valence-corrected chi connectivity index (χ0v) is 10.2. The summed E-state index contributed by atoms with van der Waals surface area (Å²) in [7, 11) is 0. The standard InChI is InChI=1S/C13H11ClFNO2/c14-11-1-2-13(10(4-11)7-17)18-8-9-3-12(15)6-16-5-9/h1-6,17H,7-8H2. The van der Waals surface area contributed by atoms with Crippen LogP contribution < -0.4 is 4.74 Å². The number of aromatic nitrogens is 1. The molecule has 5 heteroatoms. The second kappa shape index (κ2) is 5.80. The minimum atomic E-state index is -0.408. The Morgan fingerprint density at radius 2 is 2.11 bits per heavy atom. The Balaban J connectivity index is 2.10. The molecule has 0 spiro atoms. The van der Waals surface area contributed by atoms with E-state index in [9.17, 15) is 9.50 Å². The summed E-state index contributed by atoms with van der Waals surface area (Å²) in [6.07, 6.45) is 2.66. The number of nitrogens with zero attached hydrogens (tertiary/aromatic N) is 1. The number of aliphatic hydroxyl groups excluding tert-OH is 1. The van der Waals surface area contributed by atoms with Crippen LogP contribution in [0.3, 0.4) is 0 Å². The Hall–Kier alpha value is -1.65. The van der Waals surface area contributed by atoms with E-state index in [4.69, 9.17) is 16.3 Å². The van der Waals surface area contributed by atoms with Crippen molar-refractivity contribution in [1.82, 2.24) is 4.98 Å². The van der Waals surface area contributed by atoms with Crippen molar-refractivity contribution in [3.63, 3.8) is 0 Å². The van der Waals surface area contributed by atoms with Crippen LogP contribution in [0.15, 0.2) is 36.7 Å². The van der Waals surface area contributed by atoms with E-state index in [0.29, 0.717) is 21.9 Å². The minimum absolute atomic E-state index is 0.169. The van der Waals surface area contributed by atoms with Crippen molar-refractivity contribution < 1.29 is 14.2 Å². The fourth-order valence-corrected chi connectivity index (χ4v) is 1.70. The van der Waals surface area contributed by atoms with Crippen LogP contribution in [0.4, 0.5) is 4.39 Å². The fourth-order valence-electron chi connectivity index (χ4n) is 1.51. The molecule has 0 bridgehead atoms. The summed E-state index contributed by atoms with van der Waals surface area (Å²) in [5, 5.41) is 9.70. The van der Waals surface area contributed by atoms with E-state index in [0.717, 1.165) is 6.20 Å². The fraction of sp³-hybridized carbons (Fsp3) is 0.154. The summed E-state index contributed by atoms with van der Waals surface area (Å²) < 4.78 is 18.4. The first-order valence-corrected chi connectivity index (χ1v) is 5.68. The normalized spacial score (nSPS) is 10.4. The number of hydrogen-bond donors (Lipinski definition) is 1. The number of ether oxygens (including phenoxy) is 1. The molecular weight excluding hydrogens is 257 g/mol. The Kier molecular flexibility index (Phi) is 4.12. The highest BCUT2D eigenvalue weighted by Gasteiger charge is 2.05. The van der Waals surface area contributed by atoms with Crippen LogP contribution in [0.5, 0.6) is 5.75 Å². The second-order valence-corrected chi connectivity index (χ2v) is 4.15. The van der Waals surface area contributed by atoms with E-state index in [2.05, 4.69) is 4.98 Å². The lowest BCUT2D eigenvalue weighted by molar-refractivity contribution is 0.258. The zero-order chi connectivity index (χ0) is 13.0. The van der Waals surface area contributed by atoms with Crippen molar-refractivity contribution in [3.05, 3.63) is 58.6 Å². The molecule has 2 aromatic rings. The lowest BCUT2D eigenvalue weighted by Crippen LogP contribution is -1.99. The van der Waals surface area contributed by atoms with Gasteiger partial charge in [-0.05, 0) is 24.3 Å². The molecule has 0 unspecified atom stereocenters. The van der Waals surface area contributed by atoms with Crippen LogP contribution in [0.2, 0.25) is 5.02 Å². The highest BCUT2D eigenvalue weighted by molar-refractivity contribution is 6.30. The minimum Gasteiger partial charge on any atom is -0.488 e. The van der Waals surface area contributed by atoms with Gasteiger partial charge >= 0.3 is 0 Å². The highest BCUT2D eigenvalue weighted by atomic mass is 35.5. The average Bonchev–Trinajstić information content (AvgIpc) is 2.37. The van der Waals surface area contributed by atoms with Gasteiger partial charge in [-0.25, -0.2) is 4.39 Å². The first-order valence-electron chi connectivity index (χ1n) is 5.30. The smallest absolute Gasteiger partial charge is 0.141 e. The first kappa shape index (κ1) is 12.8. The van der Waals surface area contributed by atoms with Gasteiger partial charge in [-0.3, -0.25) is 4.98 Å². The predicted molar refractivity (Wildman–Crippen MR) is 65.9 cm³/mol. The van der Waals surface area contributed by atoms with Gasteiger partial charge in [0.2, 0.25) is 0 Å². The Bertz CT molecular complexity index is 548. The van der Waals surface area contributed by atoms with E-state index in [1.165, 1.54) is 12.3 Å². The molecule has 0 saturated heterocycles. The van der Waals surface area contributed by atoms with Gasteiger partial charge in [0.15, 0.2) is 0 Å². The van der Waals surface area contributed by atoms with Crippen LogP contribution in [0.1, 0.15) is 11.1 Å². The molecule has 1 aromatic carbocycles. The molecule has 1 aromatic heterocycles. The molecule has 18 heavy (non-hydrogen) atoms. The molecule has 0 aliphatic rings. The molecule has 94 valence electrons. The average molecular weight is 268 g/mol. The number of benzene rings is 1. The molecule has 0 saturated carbocycles. The molecule has 2 rings (SSSR count). The van der Waals surface area contributed by atoms with E-state index in [-0.39, 0.29) is 13.2 Å². The van der Waals surface area contributed by atoms with Gasteiger partial charge in [-0.1, -0.05) is 11.6 Å². The summed E-state index contributed by atoms with van der Waals surface area (Å²) in [5.41, 5.74) is 1.21. The van der Waals surface area contributed by atoms with Crippen molar-refractivity contribution in [2.75, 3.05) is 0 Å². The van der Waals surface area contributed by atoms with Crippen LogP contribution in [0.25, 0.3) is 0 Å². The molecular formula is C13H11ClFNO2. The summed E-state index contributed by atoms with van der Waals surface area (Å²) >= 11 is 5.81. The molecule has 0 amide bonds. The Morgan fingerprint density at radius 3 is 2.83 bits per heavy atom. The van der Waals surface area contributed by atoms with E-state index in [1.807, 2.05) is 0 Å². The quantitative estimate of drug-likeness (QED) is 0.926. The highest BCUT2D eigenvalue weighted by Crippen LogP contribution is 2.23. The van der Waals surface area contributed by atoms with E-state index < -0.39 is 5.82 Å². The molecule has 0 aliphatic carbocycles. The molecule has 3 nitrogen and oxygen atoms in total. The first-order chi connectivity index (χ1) is 8.69. The number of hydrogen-bond acceptors (Lipinski definition) is 3. The molecule has 0 aliphatic heterocycles. The van der Waals surface area contributed by atoms with E-state index >= 15 is 0 Å². The molecule has 1 N–H and O–H groups in total. The largest absolute Gasteiger partial charge is 0.488 e. The van der Waals surface area contributed by atoms with Crippen LogP contribution >= 0.6 is 11.6 Å². The third-order valence-electron chi connectivity index (χ3n) is 2.35. The monoisotopic (exact) mass is 267 g/mol. The van der Waals surface area contributed by atoms with Gasteiger partial charge in [0.25, 0.3) is 0 Å². The van der Waals surface area contributed by atoms with Gasteiger partial charge < -0.3 is 9.84 Å². The Labute approximate surface area is 109 Å². The molecule has 0 radical (unpaired) electrons. The molecule has 0 atom stereocenters. The SMILES string of the molecule is OCc1cc(Cl)ccc1OCc1cncc(F)c1. The predicted octanol–water partition coefficient (Wildman–Crippen LogP) is 2.95. The van der Waals surface area contributed by atoms with Crippen molar-refractivity contribution in [3.8, 4) is 5.75 Å². The number of aliphatic hydroxyl groups is 1. The van der Waals surface area contributed by atoms with Gasteiger partial charge in [-0.2, -0.15) is 0 Å². The summed E-state index contributed by atoms with van der Waals surface area (Å²) in [5.74, 6) is 0.112. The van der Waals surface area contributed by atoms with Crippen molar-refractivity contribution in [1.29, 1.82) is 0 Å². The van der Waals surface area contributed by atoms with Crippen LogP contribution in [-0.2, 0) is 13.2 Å². The number of pyridine rings is 1. The zero-order valence-electron chi connectivity index (χ0n) is 9.44. The number of halogens is 2. The van der Waals surface area contributed by atoms with Crippen molar-refractivity contribution in [2.45, 2.75) is 13.2 Å². The van der Waals surface area contributed by atoms with Crippen molar-refractivity contribution >= 4 is 11.6 Å². The van der Waals surface area contributed by atoms with Gasteiger partial charge in [0.05, 0.1) is 12.8 Å². The summed E-state index contributed by atoms with van der Waals surface area (Å²) in [6, 6.07) is 6.31.